The van der Waals surface area contributed by atoms with Gasteiger partial charge in [0.25, 0.3) is 0 Å². The number of alkyl halides is 2. The topological polar surface area (TPSA) is 29.1 Å². The molecule has 0 aromatic heterocycles. The number of carbonyl (C=O) groups excluding carboxylic acids is 1. The lowest BCUT2D eigenvalue weighted by Crippen LogP contribution is -2.15. The van der Waals surface area contributed by atoms with E-state index in [2.05, 4.69) is 5.32 Å². The van der Waals surface area contributed by atoms with E-state index >= 15 is 0 Å². The van der Waals surface area contributed by atoms with Crippen LogP contribution in [0.1, 0.15) is 25.7 Å². The van der Waals surface area contributed by atoms with Crippen LogP contribution in [0.15, 0.2) is 24.3 Å². The Labute approximate surface area is 145 Å². The zero-order valence-corrected chi connectivity index (χ0v) is 14.3. The zero-order chi connectivity index (χ0) is 15.5. The number of anilines is 1. The van der Waals surface area contributed by atoms with Gasteiger partial charge < -0.3 is 5.32 Å². The lowest BCUT2D eigenvalue weighted by molar-refractivity contribution is -0.117. The number of hydrogen-bond acceptors (Lipinski definition) is 1. The molecule has 5 heteroatoms. The van der Waals surface area contributed by atoms with Gasteiger partial charge in [0.2, 0.25) is 5.91 Å². The van der Waals surface area contributed by atoms with E-state index in [0.717, 1.165) is 31.4 Å². The van der Waals surface area contributed by atoms with Crippen molar-refractivity contribution in [2.24, 2.45) is 29.6 Å². The highest BCUT2D eigenvalue weighted by molar-refractivity contribution is 6.51. The third-order valence-corrected chi connectivity index (χ3v) is 7.11. The van der Waals surface area contributed by atoms with E-state index in [9.17, 15) is 4.79 Å². The Balaban J connectivity index is 1.37. The molecule has 22 heavy (non-hydrogen) atoms. The summed E-state index contributed by atoms with van der Waals surface area (Å²) >= 11 is 18.5. The Morgan fingerprint density at radius 1 is 1.00 bits per heavy atom. The fourth-order valence-electron chi connectivity index (χ4n) is 4.37. The predicted octanol–water partition coefficient (Wildman–Crippen LogP) is 5.13. The highest BCUT2D eigenvalue weighted by Crippen LogP contribution is 2.67. The Kier molecular flexibility index (Phi) is 3.63. The van der Waals surface area contributed by atoms with Gasteiger partial charge in [-0.3, -0.25) is 4.79 Å². The molecule has 1 N–H and O–H groups in total. The number of halogens is 3. The van der Waals surface area contributed by atoms with Crippen molar-refractivity contribution < 1.29 is 4.79 Å². The Bertz CT molecular complexity index is 578. The van der Waals surface area contributed by atoms with E-state index < -0.39 is 4.33 Å². The summed E-state index contributed by atoms with van der Waals surface area (Å²) < 4.78 is -0.488. The van der Waals surface area contributed by atoms with Gasteiger partial charge in [0.15, 0.2) is 0 Å². The number of benzene rings is 1. The standard InChI is InChI=1S/C17H18Cl3NO/c18-9-1-3-10(4-2-9)21-16(22)15-11-5-7-13-14(17(13,19)20)8-6-12(11)15/h1-4,11-15H,5-8H2,(H,21,22)/t11-,12+,13-,14+,15?. The van der Waals surface area contributed by atoms with Crippen LogP contribution in [0, 0.1) is 29.6 Å². The van der Waals surface area contributed by atoms with E-state index in [0.29, 0.717) is 28.7 Å². The van der Waals surface area contributed by atoms with Crippen molar-refractivity contribution in [2.75, 3.05) is 5.32 Å². The minimum atomic E-state index is -0.488. The second-order valence-electron chi connectivity index (χ2n) is 6.89. The highest BCUT2D eigenvalue weighted by atomic mass is 35.5. The fourth-order valence-corrected chi connectivity index (χ4v) is 5.42. The van der Waals surface area contributed by atoms with Gasteiger partial charge in [0, 0.05) is 16.6 Å². The summed E-state index contributed by atoms with van der Waals surface area (Å²) in [4.78, 5) is 12.5. The third-order valence-electron chi connectivity index (χ3n) is 5.73. The average molecular weight is 359 g/mol. The number of rotatable bonds is 2. The van der Waals surface area contributed by atoms with Crippen LogP contribution >= 0.6 is 34.8 Å². The molecule has 0 bridgehead atoms. The largest absolute Gasteiger partial charge is 0.326 e. The Morgan fingerprint density at radius 2 is 1.55 bits per heavy atom. The van der Waals surface area contributed by atoms with Crippen molar-refractivity contribution >= 4 is 46.4 Å². The smallest absolute Gasteiger partial charge is 0.228 e. The monoisotopic (exact) mass is 357 g/mol. The fraction of sp³-hybridized carbons (Fsp3) is 0.588. The molecule has 3 fully saturated rings. The van der Waals surface area contributed by atoms with Gasteiger partial charge in [0.1, 0.15) is 4.33 Å². The Hall–Kier alpha value is -0.440. The van der Waals surface area contributed by atoms with Gasteiger partial charge in [0.05, 0.1) is 0 Å². The quantitative estimate of drug-likeness (QED) is 0.729. The summed E-state index contributed by atoms with van der Waals surface area (Å²) in [5.74, 6) is 2.22. The van der Waals surface area contributed by atoms with Crippen molar-refractivity contribution in [1.29, 1.82) is 0 Å². The van der Waals surface area contributed by atoms with Gasteiger partial charge in [-0.1, -0.05) is 11.6 Å². The molecule has 1 amide bonds. The Morgan fingerprint density at radius 3 is 2.09 bits per heavy atom. The summed E-state index contributed by atoms with van der Waals surface area (Å²) in [6, 6.07) is 7.27. The number of fused-ring (bicyclic) bond motifs is 2. The molecule has 3 aliphatic carbocycles. The minimum Gasteiger partial charge on any atom is -0.326 e. The average Bonchev–Trinajstić information content (AvgIpc) is 3.26. The van der Waals surface area contributed by atoms with Crippen molar-refractivity contribution in [1.82, 2.24) is 0 Å². The van der Waals surface area contributed by atoms with Gasteiger partial charge in [-0.15, -0.1) is 23.2 Å². The van der Waals surface area contributed by atoms with E-state index in [1.165, 1.54) is 0 Å². The molecular weight excluding hydrogens is 341 g/mol. The third kappa shape index (κ3) is 2.53. The molecule has 3 aliphatic rings. The lowest BCUT2D eigenvalue weighted by atomic mass is 10.0. The SMILES string of the molecule is O=C(Nc1ccc(Cl)cc1)C1[C@H]2CC[C@H]3[C@@H](CC[C@@H]12)C3(Cl)Cl. The second-order valence-corrected chi connectivity index (χ2v) is 8.77. The first-order valence-electron chi connectivity index (χ1n) is 7.92. The highest BCUT2D eigenvalue weighted by Gasteiger charge is 2.65. The van der Waals surface area contributed by atoms with Crippen LogP contribution < -0.4 is 5.32 Å². The van der Waals surface area contributed by atoms with Gasteiger partial charge >= 0.3 is 0 Å². The predicted molar refractivity (Wildman–Crippen MR) is 90.4 cm³/mol. The summed E-state index contributed by atoms with van der Waals surface area (Å²) in [7, 11) is 0. The second kappa shape index (κ2) is 5.29. The van der Waals surface area contributed by atoms with Crippen LogP contribution in [0.25, 0.3) is 0 Å². The molecule has 1 aromatic rings. The summed E-state index contributed by atoms with van der Waals surface area (Å²) in [5.41, 5.74) is 0.817. The van der Waals surface area contributed by atoms with Crippen molar-refractivity contribution in [3.05, 3.63) is 29.3 Å². The normalized spacial score (nSPS) is 38.0. The molecule has 0 heterocycles. The van der Waals surface area contributed by atoms with E-state index in [1.807, 2.05) is 12.1 Å². The first-order valence-corrected chi connectivity index (χ1v) is 9.06. The summed E-state index contributed by atoms with van der Waals surface area (Å²) in [6.45, 7) is 0. The number of amides is 1. The van der Waals surface area contributed by atoms with Crippen LogP contribution in [0.2, 0.25) is 5.02 Å². The number of hydrogen-bond donors (Lipinski definition) is 1. The molecular formula is C17H18Cl3NO. The van der Waals surface area contributed by atoms with Gasteiger partial charge in [-0.05, 0) is 73.6 Å². The molecule has 0 saturated heterocycles. The van der Waals surface area contributed by atoms with E-state index in [4.69, 9.17) is 34.8 Å². The minimum absolute atomic E-state index is 0.149. The number of nitrogens with one attached hydrogen (secondary N) is 1. The first-order chi connectivity index (χ1) is 10.5. The maximum atomic E-state index is 12.5. The van der Waals surface area contributed by atoms with E-state index in [-0.39, 0.29) is 11.8 Å². The maximum Gasteiger partial charge on any atom is 0.228 e. The molecule has 5 atom stereocenters. The molecule has 3 saturated carbocycles. The van der Waals surface area contributed by atoms with Gasteiger partial charge in [-0.25, -0.2) is 0 Å². The molecule has 0 aliphatic heterocycles. The molecule has 1 unspecified atom stereocenters. The van der Waals surface area contributed by atoms with Crippen LogP contribution in [0.4, 0.5) is 5.69 Å². The van der Waals surface area contributed by atoms with Crippen molar-refractivity contribution in [3.63, 3.8) is 0 Å². The molecule has 118 valence electrons. The van der Waals surface area contributed by atoms with E-state index in [1.54, 1.807) is 12.1 Å². The molecule has 1 aromatic carbocycles. The molecule has 0 spiro atoms. The van der Waals surface area contributed by atoms with Crippen LogP contribution in [0.5, 0.6) is 0 Å². The molecule has 0 radical (unpaired) electrons. The van der Waals surface area contributed by atoms with Crippen LogP contribution in [0.3, 0.4) is 0 Å². The van der Waals surface area contributed by atoms with Crippen LogP contribution in [-0.2, 0) is 4.79 Å². The summed E-state index contributed by atoms with van der Waals surface area (Å²) in [5, 5.41) is 3.69. The zero-order valence-electron chi connectivity index (χ0n) is 12.1. The number of carbonyl (C=O) groups is 1. The van der Waals surface area contributed by atoms with Gasteiger partial charge in [-0.2, -0.15) is 0 Å². The lowest BCUT2D eigenvalue weighted by Gasteiger charge is -2.05. The first kappa shape index (κ1) is 15.1. The van der Waals surface area contributed by atoms with Crippen LogP contribution in [-0.4, -0.2) is 10.2 Å². The maximum absolute atomic E-state index is 12.5. The van der Waals surface area contributed by atoms with Crippen molar-refractivity contribution in [3.8, 4) is 0 Å². The molecule has 2 nitrogen and oxygen atoms in total. The molecule has 4 rings (SSSR count). The summed E-state index contributed by atoms with van der Waals surface area (Å²) in [6.07, 6.45) is 4.27. The van der Waals surface area contributed by atoms with Crippen molar-refractivity contribution in [2.45, 2.75) is 30.0 Å².